The van der Waals surface area contributed by atoms with Gasteiger partial charge in [-0.3, -0.25) is 4.79 Å². The molecule has 1 saturated carbocycles. The average Bonchev–Trinajstić information content (AvgIpc) is 2.61. The third-order valence-corrected chi connectivity index (χ3v) is 5.35. The molecule has 2 unspecified atom stereocenters. The summed E-state index contributed by atoms with van der Waals surface area (Å²) >= 11 is 0. The van der Waals surface area contributed by atoms with E-state index in [0.717, 1.165) is 36.5 Å². The third-order valence-electron chi connectivity index (χ3n) is 5.35. The molecule has 1 aliphatic heterocycles. The van der Waals surface area contributed by atoms with Crippen LogP contribution in [0.3, 0.4) is 0 Å². The smallest absolute Gasteiger partial charge is 0.170 e. The highest BCUT2D eigenvalue weighted by molar-refractivity contribution is 6.00. The van der Waals surface area contributed by atoms with Crippen LogP contribution in [-0.2, 0) is 0 Å². The maximum Gasteiger partial charge on any atom is 0.170 e. The third kappa shape index (κ3) is 2.86. The van der Waals surface area contributed by atoms with Gasteiger partial charge in [0.05, 0.1) is 12.0 Å². The standard InChI is InChI=1S/C19H26O2/c1-18(2,3)14-7-6-11-19(12-10-14)13-16(20)15-8-4-5-9-17(15)21-19/h4-5,8-9,14H,6-7,10-13H2,1-3H3. The summed E-state index contributed by atoms with van der Waals surface area (Å²) in [6.07, 6.45) is 6.16. The average molecular weight is 286 g/mol. The van der Waals surface area contributed by atoms with Crippen LogP contribution in [0.2, 0.25) is 0 Å². The highest BCUT2D eigenvalue weighted by atomic mass is 16.5. The van der Waals surface area contributed by atoms with Crippen molar-refractivity contribution in [3.8, 4) is 5.75 Å². The van der Waals surface area contributed by atoms with Crippen LogP contribution in [0.25, 0.3) is 0 Å². The molecular formula is C19H26O2. The molecule has 21 heavy (non-hydrogen) atoms. The molecule has 0 radical (unpaired) electrons. The molecule has 2 aliphatic rings. The van der Waals surface area contributed by atoms with Gasteiger partial charge in [0.25, 0.3) is 0 Å². The van der Waals surface area contributed by atoms with Gasteiger partial charge in [0.2, 0.25) is 0 Å². The van der Waals surface area contributed by atoms with Gasteiger partial charge in [-0.25, -0.2) is 0 Å². The lowest BCUT2D eigenvalue weighted by Crippen LogP contribution is -2.41. The Morgan fingerprint density at radius 3 is 2.67 bits per heavy atom. The van der Waals surface area contributed by atoms with Gasteiger partial charge in [0.1, 0.15) is 11.4 Å². The van der Waals surface area contributed by atoms with Gasteiger partial charge in [0, 0.05) is 0 Å². The number of carbonyl (C=O) groups is 1. The second kappa shape index (κ2) is 5.15. The molecular weight excluding hydrogens is 260 g/mol. The molecule has 0 N–H and O–H groups in total. The largest absolute Gasteiger partial charge is 0.486 e. The van der Waals surface area contributed by atoms with E-state index in [1.54, 1.807) is 0 Å². The maximum atomic E-state index is 12.5. The van der Waals surface area contributed by atoms with Crippen molar-refractivity contribution < 1.29 is 9.53 Å². The highest BCUT2D eigenvalue weighted by Gasteiger charge is 2.42. The van der Waals surface area contributed by atoms with Crippen molar-refractivity contribution in [2.45, 2.75) is 64.9 Å². The zero-order valence-corrected chi connectivity index (χ0v) is 13.4. The van der Waals surface area contributed by atoms with Gasteiger partial charge in [-0.2, -0.15) is 0 Å². The molecule has 2 nitrogen and oxygen atoms in total. The van der Waals surface area contributed by atoms with Crippen molar-refractivity contribution >= 4 is 5.78 Å². The van der Waals surface area contributed by atoms with E-state index in [-0.39, 0.29) is 11.4 Å². The van der Waals surface area contributed by atoms with Crippen LogP contribution < -0.4 is 4.74 Å². The minimum Gasteiger partial charge on any atom is -0.486 e. The van der Waals surface area contributed by atoms with Crippen LogP contribution in [0.5, 0.6) is 5.75 Å². The number of ketones is 1. The molecule has 1 spiro atoms. The summed E-state index contributed by atoms with van der Waals surface area (Å²) in [7, 11) is 0. The van der Waals surface area contributed by atoms with E-state index in [9.17, 15) is 4.79 Å². The Morgan fingerprint density at radius 2 is 1.90 bits per heavy atom. The molecule has 0 bridgehead atoms. The van der Waals surface area contributed by atoms with Crippen molar-refractivity contribution in [2.75, 3.05) is 0 Å². The highest BCUT2D eigenvalue weighted by Crippen LogP contribution is 2.45. The first-order valence-corrected chi connectivity index (χ1v) is 8.21. The second-order valence-electron chi connectivity index (χ2n) is 7.88. The molecule has 0 amide bonds. The number of Topliss-reactive ketones (excluding diaryl/α,β-unsaturated/α-hetero) is 1. The van der Waals surface area contributed by atoms with Gasteiger partial charge in [0.15, 0.2) is 5.78 Å². The van der Waals surface area contributed by atoms with Gasteiger partial charge in [-0.05, 0) is 55.6 Å². The van der Waals surface area contributed by atoms with Crippen molar-refractivity contribution in [3.63, 3.8) is 0 Å². The van der Waals surface area contributed by atoms with E-state index >= 15 is 0 Å². The Balaban J connectivity index is 1.82. The molecule has 1 aromatic carbocycles. The summed E-state index contributed by atoms with van der Waals surface area (Å²) in [6.45, 7) is 6.99. The fraction of sp³-hybridized carbons (Fsp3) is 0.632. The predicted octanol–water partition coefficient (Wildman–Crippen LogP) is 5.02. The summed E-state index contributed by atoms with van der Waals surface area (Å²) in [6, 6.07) is 7.71. The molecule has 0 saturated heterocycles. The van der Waals surface area contributed by atoms with Crippen molar-refractivity contribution in [1.29, 1.82) is 0 Å². The lowest BCUT2D eigenvalue weighted by atomic mass is 9.76. The van der Waals surface area contributed by atoms with Crippen LogP contribution in [0, 0.1) is 11.3 Å². The number of hydrogen-bond donors (Lipinski definition) is 0. The second-order valence-corrected chi connectivity index (χ2v) is 7.88. The van der Waals surface area contributed by atoms with E-state index in [4.69, 9.17) is 4.74 Å². The minimum atomic E-state index is -0.245. The zero-order chi connectivity index (χ0) is 15.1. The fourth-order valence-electron chi connectivity index (χ4n) is 3.97. The molecule has 2 heteroatoms. The minimum absolute atomic E-state index is 0.245. The summed E-state index contributed by atoms with van der Waals surface area (Å²) in [5.41, 5.74) is 0.868. The van der Waals surface area contributed by atoms with E-state index in [0.29, 0.717) is 11.8 Å². The molecule has 1 aliphatic carbocycles. The van der Waals surface area contributed by atoms with E-state index < -0.39 is 0 Å². The quantitative estimate of drug-likeness (QED) is 0.669. The van der Waals surface area contributed by atoms with Crippen molar-refractivity contribution in [2.24, 2.45) is 11.3 Å². The normalized spacial score (nSPS) is 29.7. The first-order chi connectivity index (χ1) is 9.90. The maximum absolute atomic E-state index is 12.5. The first-order valence-electron chi connectivity index (χ1n) is 8.21. The van der Waals surface area contributed by atoms with E-state index in [2.05, 4.69) is 20.8 Å². The number of hydrogen-bond acceptors (Lipinski definition) is 2. The van der Waals surface area contributed by atoms with E-state index in [1.807, 2.05) is 24.3 Å². The zero-order valence-electron chi connectivity index (χ0n) is 13.4. The molecule has 1 aromatic rings. The summed E-state index contributed by atoms with van der Waals surface area (Å²) in [5, 5.41) is 0. The van der Waals surface area contributed by atoms with Crippen molar-refractivity contribution in [3.05, 3.63) is 29.8 Å². The number of ether oxygens (including phenoxy) is 1. The van der Waals surface area contributed by atoms with Crippen LogP contribution in [0.1, 0.15) is 69.7 Å². The summed E-state index contributed by atoms with van der Waals surface area (Å²) in [4.78, 5) is 12.5. The number of benzene rings is 1. The lowest BCUT2D eigenvalue weighted by molar-refractivity contribution is 0.0277. The van der Waals surface area contributed by atoms with E-state index in [1.165, 1.54) is 12.8 Å². The Hall–Kier alpha value is -1.31. The molecule has 0 aromatic heterocycles. The van der Waals surface area contributed by atoms with Crippen LogP contribution in [0.15, 0.2) is 24.3 Å². The molecule has 1 fully saturated rings. The number of para-hydroxylation sites is 1. The van der Waals surface area contributed by atoms with Crippen LogP contribution >= 0.6 is 0 Å². The Kier molecular flexibility index (Phi) is 3.59. The Morgan fingerprint density at radius 1 is 1.14 bits per heavy atom. The number of carbonyl (C=O) groups excluding carboxylic acids is 1. The molecule has 114 valence electrons. The van der Waals surface area contributed by atoms with Gasteiger partial charge < -0.3 is 4.74 Å². The van der Waals surface area contributed by atoms with Gasteiger partial charge >= 0.3 is 0 Å². The fourth-order valence-corrected chi connectivity index (χ4v) is 3.97. The summed E-state index contributed by atoms with van der Waals surface area (Å²) in [5.74, 6) is 1.78. The lowest BCUT2D eigenvalue weighted by Gasteiger charge is -2.38. The Bertz CT molecular complexity index is 541. The van der Waals surface area contributed by atoms with Gasteiger partial charge in [-0.1, -0.05) is 32.9 Å². The topological polar surface area (TPSA) is 26.3 Å². The predicted molar refractivity (Wildman–Crippen MR) is 84.8 cm³/mol. The number of rotatable bonds is 0. The molecule has 2 atom stereocenters. The SMILES string of the molecule is CC(C)(C)C1CCCC2(CC1)CC(=O)c1ccccc1O2. The molecule has 1 heterocycles. The number of fused-ring (bicyclic) bond motifs is 1. The summed E-state index contributed by atoms with van der Waals surface area (Å²) < 4.78 is 6.35. The van der Waals surface area contributed by atoms with Crippen molar-refractivity contribution in [1.82, 2.24) is 0 Å². The Labute approximate surface area is 127 Å². The monoisotopic (exact) mass is 286 g/mol. The molecule has 3 rings (SSSR count). The van der Waals surface area contributed by atoms with Crippen LogP contribution in [0.4, 0.5) is 0 Å². The van der Waals surface area contributed by atoms with Crippen LogP contribution in [-0.4, -0.2) is 11.4 Å². The first kappa shape index (κ1) is 14.6. The van der Waals surface area contributed by atoms with Gasteiger partial charge in [-0.15, -0.1) is 0 Å².